The van der Waals surface area contributed by atoms with Crippen LogP contribution in [0.15, 0.2) is 12.1 Å². The molecule has 5 heteroatoms. The van der Waals surface area contributed by atoms with Gasteiger partial charge in [-0.05, 0) is 65.6 Å². The van der Waals surface area contributed by atoms with Gasteiger partial charge in [-0.15, -0.1) is 0 Å². The second-order valence-electron chi connectivity index (χ2n) is 5.56. The Morgan fingerprint density at radius 2 is 2.11 bits per heavy atom. The van der Waals surface area contributed by atoms with Gasteiger partial charge in [-0.1, -0.05) is 13.8 Å². The summed E-state index contributed by atoms with van der Waals surface area (Å²) in [7, 11) is 0. The van der Waals surface area contributed by atoms with Crippen molar-refractivity contribution in [2.24, 2.45) is 11.8 Å². The molecule has 1 heterocycles. The molecule has 1 fully saturated rings. The topological polar surface area (TPSA) is 20.7 Å². The van der Waals surface area contributed by atoms with Gasteiger partial charge in [-0.3, -0.25) is 0 Å². The molecule has 0 aliphatic heterocycles. The molecule has 1 aliphatic carbocycles. The highest BCUT2D eigenvalue weighted by Gasteiger charge is 2.32. The highest BCUT2D eigenvalue weighted by Crippen LogP contribution is 2.41. The molecule has 2 aromatic rings. The van der Waals surface area contributed by atoms with Crippen LogP contribution in [0.1, 0.15) is 32.7 Å². The molecule has 1 aromatic heterocycles. The van der Waals surface area contributed by atoms with E-state index in [0.717, 1.165) is 17.5 Å². The lowest BCUT2D eigenvalue weighted by Gasteiger charge is -2.20. The van der Waals surface area contributed by atoms with Crippen LogP contribution in [-0.2, 0) is 0 Å². The van der Waals surface area contributed by atoms with Crippen molar-refractivity contribution in [2.75, 3.05) is 0 Å². The predicted octanol–water partition coefficient (Wildman–Crippen LogP) is 5.05. The number of H-pyrrole nitrogens is 1. The van der Waals surface area contributed by atoms with E-state index in [-0.39, 0.29) is 5.82 Å². The smallest absolute Gasteiger partial charge is 0.178 e. The van der Waals surface area contributed by atoms with E-state index in [2.05, 4.69) is 23.4 Å². The van der Waals surface area contributed by atoms with E-state index in [0.29, 0.717) is 26.2 Å². The standard InChI is InChI=1S/C14H16FIN2S/c1-7-3-4-12(8(7)2)18-13-5-9(15)10(16)6-11(13)17-14(18)19/h5-8,12H,3-4H2,1-2H3,(H,17,19). The summed E-state index contributed by atoms with van der Waals surface area (Å²) >= 11 is 7.46. The summed E-state index contributed by atoms with van der Waals surface area (Å²) in [5.41, 5.74) is 1.83. The Morgan fingerprint density at radius 3 is 2.74 bits per heavy atom. The maximum atomic E-state index is 13.8. The number of fused-ring (bicyclic) bond motifs is 1. The normalized spacial score (nSPS) is 27.3. The van der Waals surface area contributed by atoms with Gasteiger partial charge in [0.2, 0.25) is 0 Å². The molecule has 2 nitrogen and oxygen atoms in total. The van der Waals surface area contributed by atoms with E-state index in [1.807, 2.05) is 28.7 Å². The van der Waals surface area contributed by atoms with Crippen molar-refractivity contribution in [1.82, 2.24) is 9.55 Å². The highest BCUT2D eigenvalue weighted by atomic mass is 127. The Balaban J connectivity index is 2.21. The Kier molecular flexibility index (Phi) is 3.45. The van der Waals surface area contributed by atoms with Crippen LogP contribution in [0.25, 0.3) is 11.0 Å². The van der Waals surface area contributed by atoms with Crippen molar-refractivity contribution in [1.29, 1.82) is 0 Å². The minimum atomic E-state index is -0.172. The molecule has 102 valence electrons. The first-order chi connectivity index (χ1) is 8.99. The number of rotatable bonds is 1. The summed E-state index contributed by atoms with van der Waals surface area (Å²) in [5, 5.41) is 0. The van der Waals surface area contributed by atoms with Crippen LogP contribution >= 0.6 is 34.8 Å². The van der Waals surface area contributed by atoms with Gasteiger partial charge in [0, 0.05) is 12.1 Å². The number of hydrogen-bond donors (Lipinski definition) is 1. The van der Waals surface area contributed by atoms with Crippen molar-refractivity contribution >= 4 is 45.8 Å². The van der Waals surface area contributed by atoms with E-state index < -0.39 is 0 Å². The maximum absolute atomic E-state index is 13.8. The van der Waals surface area contributed by atoms with Gasteiger partial charge >= 0.3 is 0 Å². The van der Waals surface area contributed by atoms with Crippen molar-refractivity contribution in [3.63, 3.8) is 0 Å². The molecular weight excluding hydrogens is 374 g/mol. The SMILES string of the molecule is CC1CCC(n2c(=S)[nH]c3cc(I)c(F)cc32)C1C. The number of halogens is 2. The van der Waals surface area contributed by atoms with Gasteiger partial charge in [0.25, 0.3) is 0 Å². The van der Waals surface area contributed by atoms with Gasteiger partial charge in [0.05, 0.1) is 14.6 Å². The summed E-state index contributed by atoms with van der Waals surface area (Å²) in [6, 6.07) is 3.83. The summed E-state index contributed by atoms with van der Waals surface area (Å²) < 4.78 is 17.3. The fraction of sp³-hybridized carbons (Fsp3) is 0.500. The second-order valence-corrected chi connectivity index (χ2v) is 7.11. The number of imidazole rings is 1. The van der Waals surface area contributed by atoms with Crippen LogP contribution in [0.4, 0.5) is 4.39 Å². The fourth-order valence-corrected chi connectivity index (χ4v) is 3.96. The lowest BCUT2D eigenvalue weighted by molar-refractivity contribution is 0.356. The van der Waals surface area contributed by atoms with Crippen LogP contribution in [-0.4, -0.2) is 9.55 Å². The monoisotopic (exact) mass is 390 g/mol. The summed E-state index contributed by atoms with van der Waals surface area (Å²) in [6.45, 7) is 4.55. The Hall–Kier alpha value is -0.430. The first-order valence-electron chi connectivity index (χ1n) is 6.58. The number of nitrogens with one attached hydrogen (secondary N) is 1. The zero-order valence-electron chi connectivity index (χ0n) is 10.9. The summed E-state index contributed by atoms with van der Waals surface area (Å²) in [4.78, 5) is 3.21. The molecule has 0 radical (unpaired) electrons. The van der Waals surface area contributed by atoms with Crippen LogP contribution in [0.2, 0.25) is 0 Å². The third-order valence-corrected chi connectivity index (χ3v) is 5.64. The molecule has 1 aromatic carbocycles. The Bertz CT molecular complexity index is 691. The van der Waals surface area contributed by atoms with E-state index >= 15 is 0 Å². The quantitative estimate of drug-likeness (QED) is 0.534. The molecular formula is C14H16FIN2S. The van der Waals surface area contributed by atoms with Crippen molar-refractivity contribution in [2.45, 2.75) is 32.7 Å². The lowest BCUT2D eigenvalue weighted by Crippen LogP contribution is -2.14. The van der Waals surface area contributed by atoms with E-state index in [1.165, 1.54) is 6.42 Å². The first kappa shape index (κ1) is 13.5. The van der Waals surface area contributed by atoms with Crippen LogP contribution < -0.4 is 0 Å². The van der Waals surface area contributed by atoms with Gasteiger partial charge in [0.15, 0.2) is 4.77 Å². The number of nitrogens with zero attached hydrogens (tertiary/aromatic N) is 1. The number of benzene rings is 1. The Labute approximate surface area is 130 Å². The van der Waals surface area contributed by atoms with Crippen molar-refractivity contribution < 1.29 is 4.39 Å². The largest absolute Gasteiger partial charge is 0.331 e. The Morgan fingerprint density at radius 1 is 1.37 bits per heavy atom. The van der Waals surface area contributed by atoms with Gasteiger partial charge in [-0.2, -0.15) is 0 Å². The first-order valence-corrected chi connectivity index (χ1v) is 8.07. The average molecular weight is 390 g/mol. The van der Waals surface area contributed by atoms with Crippen LogP contribution in [0.5, 0.6) is 0 Å². The maximum Gasteiger partial charge on any atom is 0.178 e. The third-order valence-electron chi connectivity index (χ3n) is 4.51. The van der Waals surface area contributed by atoms with Gasteiger partial charge in [0.1, 0.15) is 5.82 Å². The van der Waals surface area contributed by atoms with E-state index in [9.17, 15) is 4.39 Å². The van der Waals surface area contributed by atoms with Crippen molar-refractivity contribution in [3.8, 4) is 0 Å². The second kappa shape index (κ2) is 4.84. The van der Waals surface area contributed by atoms with Gasteiger partial charge in [-0.25, -0.2) is 4.39 Å². The molecule has 0 spiro atoms. The van der Waals surface area contributed by atoms with Gasteiger partial charge < -0.3 is 9.55 Å². The lowest BCUT2D eigenvalue weighted by atomic mass is 9.97. The zero-order chi connectivity index (χ0) is 13.7. The minimum absolute atomic E-state index is 0.172. The van der Waals surface area contributed by atoms with E-state index in [1.54, 1.807) is 6.07 Å². The average Bonchev–Trinajstić information content (AvgIpc) is 2.82. The number of aromatic nitrogens is 2. The summed E-state index contributed by atoms with van der Waals surface area (Å²) in [5.74, 6) is 1.10. The molecule has 1 saturated carbocycles. The molecule has 3 unspecified atom stereocenters. The molecule has 0 bridgehead atoms. The molecule has 1 aliphatic rings. The van der Waals surface area contributed by atoms with E-state index in [4.69, 9.17) is 12.2 Å². The number of hydrogen-bond acceptors (Lipinski definition) is 1. The molecule has 0 amide bonds. The zero-order valence-corrected chi connectivity index (χ0v) is 13.9. The molecule has 3 rings (SSSR count). The number of aromatic amines is 1. The minimum Gasteiger partial charge on any atom is -0.331 e. The predicted molar refractivity (Wildman–Crippen MR) is 86.4 cm³/mol. The molecule has 1 N–H and O–H groups in total. The highest BCUT2D eigenvalue weighted by molar-refractivity contribution is 14.1. The summed E-state index contributed by atoms with van der Waals surface area (Å²) in [6.07, 6.45) is 2.34. The molecule has 19 heavy (non-hydrogen) atoms. The van der Waals surface area contributed by atoms with Crippen LogP contribution in [0, 0.1) is 26.0 Å². The molecule has 3 atom stereocenters. The molecule has 0 saturated heterocycles. The van der Waals surface area contributed by atoms with Crippen molar-refractivity contribution in [3.05, 3.63) is 26.3 Å². The van der Waals surface area contributed by atoms with Crippen LogP contribution in [0.3, 0.4) is 0 Å². The third kappa shape index (κ3) is 2.14. The fourth-order valence-electron chi connectivity index (χ4n) is 3.15.